The highest BCUT2D eigenvalue weighted by atomic mass is 35.5. The highest BCUT2D eigenvalue weighted by Crippen LogP contribution is 2.34. The molecule has 0 heterocycles. The zero-order valence-electron chi connectivity index (χ0n) is 27.7. The summed E-state index contributed by atoms with van der Waals surface area (Å²) in [5.74, 6) is -0.694. The normalized spacial score (nSPS) is 14.1. The van der Waals surface area contributed by atoms with Gasteiger partial charge in [-0.2, -0.15) is 0 Å². The zero-order chi connectivity index (χ0) is 35.7. The van der Waals surface area contributed by atoms with E-state index < -0.39 is 28.5 Å². The first kappa shape index (κ1) is 37.5. The second kappa shape index (κ2) is 17.4. The molecular formula is C38H40Cl3N3O5S. The van der Waals surface area contributed by atoms with Crippen LogP contribution < -0.4 is 14.4 Å². The van der Waals surface area contributed by atoms with Crippen molar-refractivity contribution >= 4 is 62.3 Å². The van der Waals surface area contributed by atoms with Gasteiger partial charge in [-0.05, 0) is 73.9 Å². The number of ether oxygens (including phenoxy) is 1. The van der Waals surface area contributed by atoms with Gasteiger partial charge in [-0.25, -0.2) is 8.42 Å². The van der Waals surface area contributed by atoms with Crippen LogP contribution in [0, 0.1) is 0 Å². The Morgan fingerprint density at radius 3 is 2.14 bits per heavy atom. The molecule has 50 heavy (non-hydrogen) atoms. The second-order valence-electron chi connectivity index (χ2n) is 12.1. The van der Waals surface area contributed by atoms with Crippen LogP contribution in [0.25, 0.3) is 0 Å². The van der Waals surface area contributed by atoms with Crippen LogP contribution in [-0.2, 0) is 32.6 Å². The number of nitrogens with zero attached hydrogens (tertiary/aromatic N) is 2. The van der Waals surface area contributed by atoms with Crippen LogP contribution in [0.15, 0.2) is 102 Å². The number of carbonyl (C=O) groups is 2. The van der Waals surface area contributed by atoms with Gasteiger partial charge in [-0.3, -0.25) is 13.9 Å². The summed E-state index contributed by atoms with van der Waals surface area (Å²) in [5, 5.41) is 4.18. The van der Waals surface area contributed by atoms with Crippen LogP contribution >= 0.6 is 34.8 Å². The minimum Gasteiger partial charge on any atom is -0.492 e. The summed E-state index contributed by atoms with van der Waals surface area (Å²) in [4.78, 5) is 30.5. The van der Waals surface area contributed by atoms with Crippen LogP contribution in [0.4, 0.5) is 5.69 Å². The number of benzene rings is 4. The van der Waals surface area contributed by atoms with Crippen LogP contribution in [0.3, 0.4) is 0 Å². The first-order valence-corrected chi connectivity index (χ1v) is 19.2. The van der Waals surface area contributed by atoms with Gasteiger partial charge in [0.1, 0.15) is 18.3 Å². The van der Waals surface area contributed by atoms with Crippen molar-refractivity contribution in [2.75, 3.05) is 17.5 Å². The van der Waals surface area contributed by atoms with E-state index in [1.807, 2.05) is 30.3 Å². The topological polar surface area (TPSA) is 96.0 Å². The molecule has 0 saturated heterocycles. The van der Waals surface area contributed by atoms with Crippen molar-refractivity contribution in [2.24, 2.45) is 0 Å². The number of para-hydroxylation sites is 2. The zero-order valence-corrected chi connectivity index (χ0v) is 30.8. The number of hydrogen-bond acceptors (Lipinski definition) is 5. The fourth-order valence-corrected chi connectivity index (χ4v) is 8.21. The molecule has 264 valence electrons. The van der Waals surface area contributed by atoms with Gasteiger partial charge in [-0.15, -0.1) is 0 Å². The lowest BCUT2D eigenvalue weighted by Gasteiger charge is -2.35. The third-order valence-corrected chi connectivity index (χ3v) is 11.5. The molecule has 8 nitrogen and oxygen atoms in total. The number of sulfonamides is 1. The monoisotopic (exact) mass is 755 g/mol. The molecule has 4 aromatic carbocycles. The standard InChI is InChI=1S/C38H40Cl3N3O5S/c1-2-49-36-19-10-9-18-34(36)44(50(47,48)30-22-20-28(39)21-23-30)26-37(45)43(25-31-32(40)16-11-17-33(31)41)35(24-27-12-5-3-6-13-27)38(46)42-29-14-7-4-8-15-29/h3,5-6,9-13,16-23,29,35H,2,4,7-8,14-15,24-26H2,1H3,(H,42,46)/t35-/m0/s1. The molecule has 1 aliphatic carbocycles. The van der Waals surface area contributed by atoms with E-state index in [1.165, 1.54) is 29.2 Å². The number of carbonyl (C=O) groups excluding carboxylic acids is 2. The summed E-state index contributed by atoms with van der Waals surface area (Å²) in [5.41, 5.74) is 1.43. The van der Waals surface area contributed by atoms with Gasteiger partial charge < -0.3 is 15.0 Å². The van der Waals surface area contributed by atoms with E-state index >= 15 is 0 Å². The maximum absolute atomic E-state index is 14.9. The average Bonchev–Trinajstić information content (AvgIpc) is 3.11. The summed E-state index contributed by atoms with van der Waals surface area (Å²) in [6.07, 6.45) is 4.97. The van der Waals surface area contributed by atoms with Crippen molar-refractivity contribution in [3.63, 3.8) is 0 Å². The van der Waals surface area contributed by atoms with E-state index in [9.17, 15) is 18.0 Å². The predicted octanol–water partition coefficient (Wildman–Crippen LogP) is 8.33. The molecule has 2 amide bonds. The summed E-state index contributed by atoms with van der Waals surface area (Å²) in [6, 6.07) is 25.7. The molecule has 0 spiro atoms. The SMILES string of the molecule is CCOc1ccccc1N(CC(=O)N(Cc1c(Cl)cccc1Cl)[C@@H](Cc1ccccc1)C(=O)NC1CCCCC1)S(=O)(=O)c1ccc(Cl)cc1. The number of rotatable bonds is 14. The molecule has 0 bridgehead atoms. The summed E-state index contributed by atoms with van der Waals surface area (Å²) >= 11 is 19.4. The molecule has 0 aromatic heterocycles. The van der Waals surface area contributed by atoms with E-state index in [0.717, 1.165) is 42.0 Å². The molecule has 1 saturated carbocycles. The molecule has 5 rings (SSSR count). The Morgan fingerprint density at radius 1 is 0.840 bits per heavy atom. The first-order valence-electron chi connectivity index (χ1n) is 16.6. The first-order chi connectivity index (χ1) is 24.1. The van der Waals surface area contributed by atoms with E-state index in [1.54, 1.807) is 49.4 Å². The molecule has 1 fully saturated rings. The molecular weight excluding hydrogens is 717 g/mol. The van der Waals surface area contributed by atoms with Crippen molar-refractivity contribution in [3.05, 3.63) is 123 Å². The minimum absolute atomic E-state index is 0.0322. The molecule has 0 unspecified atom stereocenters. The van der Waals surface area contributed by atoms with Crippen molar-refractivity contribution in [3.8, 4) is 5.75 Å². The highest BCUT2D eigenvalue weighted by Gasteiger charge is 2.36. The second-order valence-corrected chi connectivity index (χ2v) is 15.3. The molecule has 1 aliphatic rings. The molecule has 12 heteroatoms. The third kappa shape index (κ3) is 9.31. The maximum Gasteiger partial charge on any atom is 0.264 e. The van der Waals surface area contributed by atoms with E-state index in [-0.39, 0.29) is 47.9 Å². The smallest absolute Gasteiger partial charge is 0.264 e. The van der Waals surface area contributed by atoms with Crippen LogP contribution in [0.1, 0.15) is 50.2 Å². The Morgan fingerprint density at radius 2 is 1.48 bits per heavy atom. The van der Waals surface area contributed by atoms with E-state index in [2.05, 4.69) is 5.32 Å². The van der Waals surface area contributed by atoms with Gasteiger partial charge in [-0.1, -0.05) is 103 Å². The van der Waals surface area contributed by atoms with E-state index in [0.29, 0.717) is 20.6 Å². The number of anilines is 1. The summed E-state index contributed by atoms with van der Waals surface area (Å²) in [6.45, 7) is 1.25. The molecule has 0 aliphatic heterocycles. The number of hydrogen-bond donors (Lipinski definition) is 1. The Labute approximate surface area is 309 Å². The van der Waals surface area contributed by atoms with Crippen LogP contribution in [0.5, 0.6) is 5.75 Å². The average molecular weight is 757 g/mol. The molecule has 0 radical (unpaired) electrons. The predicted molar refractivity (Wildman–Crippen MR) is 200 cm³/mol. The Balaban J connectivity index is 1.62. The van der Waals surface area contributed by atoms with Crippen LogP contribution in [0.2, 0.25) is 15.1 Å². The maximum atomic E-state index is 14.9. The minimum atomic E-state index is -4.36. The Kier molecular flexibility index (Phi) is 13.1. The third-order valence-electron chi connectivity index (χ3n) is 8.73. The lowest BCUT2D eigenvalue weighted by atomic mass is 9.94. The Bertz CT molecular complexity index is 1850. The van der Waals surface area contributed by atoms with Gasteiger partial charge in [0, 0.05) is 39.6 Å². The Hall–Kier alpha value is -3.76. The van der Waals surface area contributed by atoms with Gasteiger partial charge in [0.25, 0.3) is 10.0 Å². The lowest BCUT2D eigenvalue weighted by Crippen LogP contribution is -2.55. The molecule has 4 aromatic rings. The summed E-state index contributed by atoms with van der Waals surface area (Å²) < 4.78 is 35.7. The van der Waals surface area contributed by atoms with Crippen molar-refractivity contribution in [2.45, 2.75) is 69.0 Å². The lowest BCUT2D eigenvalue weighted by molar-refractivity contribution is -0.140. The van der Waals surface area contributed by atoms with Gasteiger partial charge in [0.15, 0.2) is 0 Å². The number of halogens is 3. The largest absolute Gasteiger partial charge is 0.492 e. The molecule has 1 atom stereocenters. The fourth-order valence-electron chi connectivity index (χ4n) is 6.14. The quantitative estimate of drug-likeness (QED) is 0.140. The van der Waals surface area contributed by atoms with Gasteiger partial charge in [0.05, 0.1) is 17.2 Å². The van der Waals surface area contributed by atoms with Gasteiger partial charge >= 0.3 is 0 Å². The number of amides is 2. The fraction of sp³-hybridized carbons (Fsp3) is 0.316. The summed E-state index contributed by atoms with van der Waals surface area (Å²) in [7, 11) is -4.36. The van der Waals surface area contributed by atoms with Crippen molar-refractivity contribution in [1.82, 2.24) is 10.2 Å². The highest BCUT2D eigenvalue weighted by molar-refractivity contribution is 7.92. The van der Waals surface area contributed by atoms with Crippen LogP contribution in [-0.4, -0.2) is 50.4 Å². The van der Waals surface area contributed by atoms with Gasteiger partial charge in [0.2, 0.25) is 11.8 Å². The number of nitrogens with one attached hydrogen (secondary N) is 1. The van der Waals surface area contributed by atoms with E-state index in [4.69, 9.17) is 39.5 Å². The molecule has 1 N–H and O–H groups in total. The van der Waals surface area contributed by atoms with Crippen molar-refractivity contribution < 1.29 is 22.7 Å². The van der Waals surface area contributed by atoms with Crippen molar-refractivity contribution in [1.29, 1.82) is 0 Å².